The second-order valence-corrected chi connectivity index (χ2v) is 6.27. The summed E-state index contributed by atoms with van der Waals surface area (Å²) in [4.78, 5) is 34.0. The van der Waals surface area contributed by atoms with Crippen molar-refractivity contribution in [3.8, 4) is 0 Å². The van der Waals surface area contributed by atoms with Crippen LogP contribution in [0.3, 0.4) is 0 Å². The summed E-state index contributed by atoms with van der Waals surface area (Å²) >= 11 is 5.94. The molecule has 0 bridgehead atoms. The van der Waals surface area contributed by atoms with Gasteiger partial charge in [-0.2, -0.15) is 0 Å². The van der Waals surface area contributed by atoms with Crippen molar-refractivity contribution in [3.63, 3.8) is 0 Å². The van der Waals surface area contributed by atoms with Crippen LogP contribution in [-0.4, -0.2) is 27.9 Å². The summed E-state index contributed by atoms with van der Waals surface area (Å²) in [7, 11) is 0. The van der Waals surface area contributed by atoms with Crippen LogP contribution in [0.2, 0.25) is 5.02 Å². The molecule has 27 heavy (non-hydrogen) atoms. The largest absolute Gasteiger partial charge is 0.480 e. The van der Waals surface area contributed by atoms with Crippen LogP contribution in [0.15, 0.2) is 48.5 Å². The number of nitro groups is 1. The highest BCUT2D eigenvalue weighted by molar-refractivity contribution is 6.33. The summed E-state index contributed by atoms with van der Waals surface area (Å²) in [6.45, 7) is 1.79. The third-order valence-electron chi connectivity index (χ3n) is 3.87. The van der Waals surface area contributed by atoms with Gasteiger partial charge in [0.05, 0.1) is 22.1 Å². The van der Waals surface area contributed by atoms with Crippen LogP contribution in [0.25, 0.3) is 0 Å². The van der Waals surface area contributed by atoms with E-state index in [-0.39, 0.29) is 28.9 Å². The van der Waals surface area contributed by atoms with Gasteiger partial charge in [0, 0.05) is 18.2 Å². The zero-order valence-electron chi connectivity index (χ0n) is 14.4. The average molecular weight is 392 g/mol. The number of anilines is 1. The van der Waals surface area contributed by atoms with E-state index in [1.807, 2.05) is 30.3 Å². The SMILES string of the molecule is CC(NC(CC(=O)Nc1cc([N+](=O)[O-])ccc1Cl)C(=O)O)c1ccccc1. The molecule has 2 unspecified atom stereocenters. The monoisotopic (exact) mass is 391 g/mol. The van der Waals surface area contributed by atoms with Gasteiger partial charge in [0.25, 0.3) is 5.69 Å². The van der Waals surface area contributed by atoms with Crippen molar-refractivity contribution >= 4 is 34.9 Å². The number of benzene rings is 2. The number of carbonyl (C=O) groups excluding carboxylic acids is 1. The van der Waals surface area contributed by atoms with Crippen molar-refractivity contribution in [2.24, 2.45) is 0 Å². The Balaban J connectivity index is 2.06. The number of aliphatic carboxylic acids is 1. The summed E-state index contributed by atoms with van der Waals surface area (Å²) < 4.78 is 0. The van der Waals surface area contributed by atoms with E-state index in [1.165, 1.54) is 12.1 Å². The van der Waals surface area contributed by atoms with Crippen molar-refractivity contribution in [2.75, 3.05) is 5.32 Å². The van der Waals surface area contributed by atoms with Crippen LogP contribution in [-0.2, 0) is 9.59 Å². The lowest BCUT2D eigenvalue weighted by atomic mass is 10.1. The molecule has 9 heteroatoms. The molecule has 8 nitrogen and oxygen atoms in total. The minimum atomic E-state index is -1.18. The van der Waals surface area contributed by atoms with E-state index in [4.69, 9.17) is 11.6 Å². The van der Waals surface area contributed by atoms with E-state index in [1.54, 1.807) is 6.92 Å². The summed E-state index contributed by atoms with van der Waals surface area (Å²) in [5.41, 5.74) is 0.697. The third kappa shape index (κ3) is 5.77. The molecule has 2 aromatic carbocycles. The van der Waals surface area contributed by atoms with E-state index in [0.717, 1.165) is 11.6 Å². The Hall–Kier alpha value is -2.97. The smallest absolute Gasteiger partial charge is 0.321 e. The molecule has 2 atom stereocenters. The molecule has 0 aliphatic carbocycles. The number of carboxylic acids is 1. The van der Waals surface area contributed by atoms with Gasteiger partial charge in [-0.3, -0.25) is 25.0 Å². The first-order valence-corrected chi connectivity index (χ1v) is 8.43. The molecule has 0 aliphatic rings. The number of carboxylic acid groups (broad SMARTS) is 1. The lowest BCUT2D eigenvalue weighted by Gasteiger charge is -2.20. The summed E-state index contributed by atoms with van der Waals surface area (Å²) in [6, 6.07) is 11.4. The Morgan fingerprint density at radius 2 is 1.89 bits per heavy atom. The quantitative estimate of drug-likeness (QED) is 0.468. The number of halogens is 1. The Bertz CT molecular complexity index is 844. The van der Waals surface area contributed by atoms with Crippen LogP contribution < -0.4 is 10.6 Å². The highest BCUT2D eigenvalue weighted by Gasteiger charge is 2.24. The number of amides is 1. The molecular weight excluding hydrogens is 374 g/mol. The van der Waals surface area contributed by atoms with Crippen molar-refractivity contribution in [1.29, 1.82) is 0 Å². The minimum Gasteiger partial charge on any atom is -0.480 e. The lowest BCUT2D eigenvalue weighted by molar-refractivity contribution is -0.384. The molecule has 0 fully saturated rings. The zero-order chi connectivity index (χ0) is 20.0. The van der Waals surface area contributed by atoms with Gasteiger partial charge in [0.15, 0.2) is 0 Å². The molecule has 0 radical (unpaired) electrons. The molecule has 3 N–H and O–H groups in total. The molecule has 0 saturated heterocycles. The maximum absolute atomic E-state index is 12.2. The normalized spacial score (nSPS) is 12.8. The predicted octanol–water partition coefficient (Wildman–Crippen LogP) is 3.38. The molecule has 1 amide bonds. The number of carbonyl (C=O) groups is 2. The molecule has 0 saturated carbocycles. The van der Waals surface area contributed by atoms with Gasteiger partial charge < -0.3 is 10.4 Å². The summed E-state index contributed by atoms with van der Waals surface area (Å²) in [5.74, 6) is -1.81. The zero-order valence-corrected chi connectivity index (χ0v) is 15.1. The van der Waals surface area contributed by atoms with E-state index in [9.17, 15) is 24.8 Å². The Morgan fingerprint density at radius 1 is 1.22 bits per heavy atom. The number of hydrogen-bond donors (Lipinski definition) is 3. The lowest BCUT2D eigenvalue weighted by Crippen LogP contribution is -2.41. The number of nitrogens with one attached hydrogen (secondary N) is 2. The van der Waals surface area contributed by atoms with Crippen molar-refractivity contribution < 1.29 is 19.6 Å². The predicted molar refractivity (Wildman–Crippen MR) is 101 cm³/mol. The van der Waals surface area contributed by atoms with E-state index >= 15 is 0 Å². The Morgan fingerprint density at radius 3 is 2.48 bits per heavy atom. The van der Waals surface area contributed by atoms with Crippen LogP contribution in [0.4, 0.5) is 11.4 Å². The Labute approximate surface area is 160 Å². The van der Waals surface area contributed by atoms with E-state index < -0.39 is 22.8 Å². The van der Waals surface area contributed by atoms with Gasteiger partial charge in [-0.15, -0.1) is 0 Å². The van der Waals surface area contributed by atoms with Gasteiger partial charge in [-0.05, 0) is 18.6 Å². The van der Waals surface area contributed by atoms with Crippen LogP contribution >= 0.6 is 11.6 Å². The van der Waals surface area contributed by atoms with Crippen LogP contribution in [0, 0.1) is 10.1 Å². The minimum absolute atomic E-state index is 0.0520. The number of non-ortho nitro benzene ring substituents is 1. The molecule has 0 aliphatic heterocycles. The fraction of sp³-hybridized carbons (Fsp3) is 0.222. The van der Waals surface area contributed by atoms with Crippen LogP contribution in [0.5, 0.6) is 0 Å². The van der Waals surface area contributed by atoms with Crippen molar-refractivity contribution in [2.45, 2.75) is 25.4 Å². The number of hydrogen-bond acceptors (Lipinski definition) is 5. The first kappa shape index (κ1) is 20.3. The third-order valence-corrected chi connectivity index (χ3v) is 4.20. The van der Waals surface area contributed by atoms with Gasteiger partial charge in [-0.1, -0.05) is 41.9 Å². The molecule has 0 aromatic heterocycles. The molecule has 2 rings (SSSR count). The summed E-state index contributed by atoms with van der Waals surface area (Å²) in [6.07, 6.45) is -0.370. The number of nitrogens with zero attached hydrogens (tertiary/aromatic N) is 1. The Kier molecular flexibility index (Phi) is 6.86. The van der Waals surface area contributed by atoms with Gasteiger partial charge in [0.1, 0.15) is 6.04 Å². The average Bonchev–Trinajstić information content (AvgIpc) is 2.63. The summed E-state index contributed by atoms with van der Waals surface area (Å²) in [5, 5.41) is 25.7. The molecular formula is C18H18ClN3O5. The second kappa shape index (κ2) is 9.11. The number of nitro benzene ring substituents is 1. The van der Waals surface area contributed by atoms with E-state index in [0.29, 0.717) is 0 Å². The highest BCUT2D eigenvalue weighted by Crippen LogP contribution is 2.27. The standard InChI is InChI=1S/C18H18ClN3O5/c1-11(12-5-3-2-4-6-12)20-16(18(24)25)10-17(23)21-15-9-13(22(26)27)7-8-14(15)19/h2-9,11,16,20H,10H2,1H3,(H,21,23)(H,24,25). The molecule has 0 heterocycles. The molecule has 142 valence electrons. The van der Waals surface area contributed by atoms with Crippen molar-refractivity contribution in [1.82, 2.24) is 5.32 Å². The maximum atomic E-state index is 12.2. The maximum Gasteiger partial charge on any atom is 0.321 e. The van der Waals surface area contributed by atoms with Crippen LogP contribution in [0.1, 0.15) is 24.9 Å². The van der Waals surface area contributed by atoms with Gasteiger partial charge in [0.2, 0.25) is 5.91 Å². The van der Waals surface area contributed by atoms with E-state index in [2.05, 4.69) is 10.6 Å². The highest BCUT2D eigenvalue weighted by atomic mass is 35.5. The second-order valence-electron chi connectivity index (χ2n) is 5.86. The van der Waals surface area contributed by atoms with Gasteiger partial charge in [-0.25, -0.2) is 0 Å². The van der Waals surface area contributed by atoms with Gasteiger partial charge >= 0.3 is 5.97 Å². The fourth-order valence-electron chi connectivity index (χ4n) is 2.47. The molecule has 2 aromatic rings. The fourth-order valence-corrected chi connectivity index (χ4v) is 2.63. The first-order chi connectivity index (χ1) is 12.8. The first-order valence-electron chi connectivity index (χ1n) is 8.05. The topological polar surface area (TPSA) is 122 Å². The number of rotatable bonds is 8. The van der Waals surface area contributed by atoms with Crippen molar-refractivity contribution in [3.05, 3.63) is 69.2 Å². The molecule has 0 spiro atoms.